The molecule has 0 aliphatic heterocycles. The van der Waals surface area contributed by atoms with Crippen LogP contribution in [0.2, 0.25) is 0 Å². The van der Waals surface area contributed by atoms with Crippen molar-refractivity contribution < 1.29 is 8.78 Å². The zero-order valence-corrected chi connectivity index (χ0v) is 8.66. The molecule has 81 valence electrons. The molecule has 0 saturated heterocycles. The van der Waals surface area contributed by atoms with E-state index in [1.54, 1.807) is 24.3 Å². The second-order valence-electron chi connectivity index (χ2n) is 3.66. The highest BCUT2D eigenvalue weighted by Crippen LogP contribution is 2.23. The lowest BCUT2D eigenvalue weighted by Gasteiger charge is -2.11. The fraction of sp³-hybridized carbons (Fsp3) is 0.0714. The number of hydrogen-bond acceptors (Lipinski definition) is 0. The summed E-state index contributed by atoms with van der Waals surface area (Å²) in [5, 5.41) is 0. The van der Waals surface area contributed by atoms with Crippen molar-refractivity contribution in [1.82, 2.24) is 0 Å². The van der Waals surface area contributed by atoms with Crippen LogP contribution in [0.15, 0.2) is 48.5 Å². The molecule has 0 aliphatic rings. The maximum atomic E-state index is 12.7. The molecule has 0 heterocycles. The third-order valence-electron chi connectivity index (χ3n) is 2.54. The molecule has 0 aromatic heterocycles. The summed E-state index contributed by atoms with van der Waals surface area (Å²) in [6, 6.07) is 12.4. The monoisotopic (exact) mass is 217 g/mol. The van der Waals surface area contributed by atoms with Crippen molar-refractivity contribution in [2.75, 3.05) is 0 Å². The quantitative estimate of drug-likeness (QED) is 0.715. The van der Waals surface area contributed by atoms with E-state index in [-0.39, 0.29) is 17.6 Å². The lowest BCUT2D eigenvalue weighted by atomic mass is 9.93. The zero-order chi connectivity index (χ0) is 11.5. The fourth-order valence-corrected chi connectivity index (χ4v) is 1.58. The summed E-state index contributed by atoms with van der Waals surface area (Å²) in [7, 11) is 0. The first kappa shape index (κ1) is 10.8. The normalized spacial score (nSPS) is 10.8. The van der Waals surface area contributed by atoms with Crippen LogP contribution < -0.4 is 0 Å². The van der Waals surface area contributed by atoms with Gasteiger partial charge in [0.2, 0.25) is 0 Å². The molecule has 0 atom stereocenters. The van der Waals surface area contributed by atoms with E-state index in [2.05, 4.69) is 6.92 Å². The highest BCUT2D eigenvalue weighted by atomic mass is 19.1. The molecule has 16 heavy (non-hydrogen) atoms. The predicted molar refractivity (Wildman–Crippen MR) is 60.0 cm³/mol. The Morgan fingerprint density at radius 1 is 0.688 bits per heavy atom. The van der Waals surface area contributed by atoms with Gasteiger partial charge in [-0.2, -0.15) is 0 Å². The summed E-state index contributed by atoms with van der Waals surface area (Å²) in [6.45, 7) is 3.99. The van der Waals surface area contributed by atoms with Crippen LogP contribution in [0.4, 0.5) is 8.78 Å². The summed E-state index contributed by atoms with van der Waals surface area (Å²) in [5.41, 5.74) is 1.82. The van der Waals surface area contributed by atoms with Gasteiger partial charge in [0.1, 0.15) is 11.6 Å². The molecule has 0 spiro atoms. The summed E-state index contributed by atoms with van der Waals surface area (Å²) >= 11 is 0. The molecule has 2 aromatic rings. The number of rotatable bonds is 2. The Bertz CT molecular complexity index is 412. The van der Waals surface area contributed by atoms with Crippen molar-refractivity contribution in [1.29, 1.82) is 0 Å². The number of benzene rings is 2. The van der Waals surface area contributed by atoms with Crippen LogP contribution in [0.25, 0.3) is 0 Å². The smallest absolute Gasteiger partial charge is 0.123 e. The van der Waals surface area contributed by atoms with Crippen LogP contribution in [0.3, 0.4) is 0 Å². The summed E-state index contributed by atoms with van der Waals surface area (Å²) in [5.74, 6) is -0.647. The third-order valence-corrected chi connectivity index (χ3v) is 2.54. The van der Waals surface area contributed by atoms with Crippen LogP contribution in [0.1, 0.15) is 17.0 Å². The average molecular weight is 217 g/mol. The molecule has 0 fully saturated rings. The minimum absolute atomic E-state index is 0.110. The molecule has 0 nitrogen and oxygen atoms in total. The first-order valence-electron chi connectivity index (χ1n) is 5.01. The van der Waals surface area contributed by atoms with Gasteiger partial charge in [0.05, 0.1) is 0 Å². The van der Waals surface area contributed by atoms with Crippen LogP contribution in [-0.2, 0) is 0 Å². The van der Waals surface area contributed by atoms with Crippen LogP contribution in [-0.4, -0.2) is 0 Å². The Morgan fingerprint density at radius 2 is 1.00 bits per heavy atom. The SMILES string of the molecule is [CH2]C(c1ccc(F)cc1)c1ccc(F)cc1. The molecule has 0 amide bonds. The first-order chi connectivity index (χ1) is 7.66. The first-order valence-corrected chi connectivity index (χ1v) is 5.01. The van der Waals surface area contributed by atoms with Crippen molar-refractivity contribution >= 4 is 0 Å². The molecule has 2 rings (SSSR count). The van der Waals surface area contributed by atoms with Gasteiger partial charge in [-0.1, -0.05) is 24.3 Å². The largest absolute Gasteiger partial charge is 0.207 e. The Hall–Kier alpha value is -1.70. The van der Waals surface area contributed by atoms with E-state index >= 15 is 0 Å². The van der Waals surface area contributed by atoms with E-state index in [9.17, 15) is 8.78 Å². The number of hydrogen-bond donors (Lipinski definition) is 0. The second kappa shape index (κ2) is 4.44. The van der Waals surface area contributed by atoms with Gasteiger partial charge in [-0.05, 0) is 42.3 Å². The van der Waals surface area contributed by atoms with Gasteiger partial charge < -0.3 is 0 Å². The molecule has 2 aromatic carbocycles. The van der Waals surface area contributed by atoms with E-state index in [0.717, 1.165) is 11.1 Å². The fourth-order valence-electron chi connectivity index (χ4n) is 1.58. The molecular weight excluding hydrogens is 206 g/mol. The highest BCUT2D eigenvalue weighted by Gasteiger charge is 2.08. The number of halogens is 2. The van der Waals surface area contributed by atoms with Gasteiger partial charge in [0, 0.05) is 5.92 Å². The Labute approximate surface area is 93.5 Å². The van der Waals surface area contributed by atoms with Gasteiger partial charge in [-0.25, -0.2) is 8.78 Å². The second-order valence-corrected chi connectivity index (χ2v) is 3.66. The van der Waals surface area contributed by atoms with Gasteiger partial charge in [-0.15, -0.1) is 0 Å². The molecule has 0 N–H and O–H groups in total. The molecular formula is C14H11F2. The molecule has 0 aliphatic carbocycles. The Kier molecular flexibility index (Phi) is 3.00. The van der Waals surface area contributed by atoms with Crippen molar-refractivity contribution in [3.05, 3.63) is 78.2 Å². The van der Waals surface area contributed by atoms with Gasteiger partial charge in [0.15, 0.2) is 0 Å². The maximum Gasteiger partial charge on any atom is 0.123 e. The summed E-state index contributed by atoms with van der Waals surface area (Å²) in [6.07, 6.45) is 0. The minimum Gasteiger partial charge on any atom is -0.207 e. The minimum atomic E-state index is -0.268. The average Bonchev–Trinajstić information content (AvgIpc) is 2.30. The Balaban J connectivity index is 2.28. The Morgan fingerprint density at radius 3 is 1.31 bits per heavy atom. The maximum absolute atomic E-state index is 12.7. The molecule has 0 bridgehead atoms. The topological polar surface area (TPSA) is 0 Å². The van der Waals surface area contributed by atoms with E-state index in [4.69, 9.17) is 0 Å². The third kappa shape index (κ3) is 2.27. The van der Waals surface area contributed by atoms with E-state index < -0.39 is 0 Å². The van der Waals surface area contributed by atoms with E-state index in [0.29, 0.717) is 0 Å². The lowest BCUT2D eigenvalue weighted by molar-refractivity contribution is 0.626. The molecule has 0 saturated carbocycles. The van der Waals surface area contributed by atoms with Crippen LogP contribution >= 0.6 is 0 Å². The van der Waals surface area contributed by atoms with Crippen LogP contribution in [0.5, 0.6) is 0 Å². The standard InChI is InChI=1S/C14H11F2/c1-10(11-2-6-13(15)7-3-11)12-4-8-14(16)9-5-12/h2-10H,1H2. The summed E-state index contributed by atoms with van der Waals surface area (Å²) < 4.78 is 25.5. The molecule has 0 unspecified atom stereocenters. The van der Waals surface area contributed by atoms with Crippen LogP contribution in [0, 0.1) is 18.6 Å². The van der Waals surface area contributed by atoms with Crippen molar-refractivity contribution in [3.8, 4) is 0 Å². The molecule has 2 heteroatoms. The van der Waals surface area contributed by atoms with E-state index in [1.807, 2.05) is 0 Å². The van der Waals surface area contributed by atoms with E-state index in [1.165, 1.54) is 24.3 Å². The zero-order valence-electron chi connectivity index (χ0n) is 8.66. The van der Waals surface area contributed by atoms with Gasteiger partial charge >= 0.3 is 0 Å². The van der Waals surface area contributed by atoms with Crippen molar-refractivity contribution in [2.45, 2.75) is 5.92 Å². The predicted octanol–water partition coefficient (Wildman–Crippen LogP) is 3.93. The van der Waals surface area contributed by atoms with Gasteiger partial charge in [-0.3, -0.25) is 0 Å². The summed E-state index contributed by atoms with van der Waals surface area (Å²) in [4.78, 5) is 0. The van der Waals surface area contributed by atoms with Crippen molar-refractivity contribution in [2.24, 2.45) is 0 Å². The van der Waals surface area contributed by atoms with Gasteiger partial charge in [0.25, 0.3) is 0 Å². The highest BCUT2D eigenvalue weighted by molar-refractivity contribution is 5.33. The molecule has 1 radical (unpaired) electrons. The van der Waals surface area contributed by atoms with Crippen molar-refractivity contribution in [3.63, 3.8) is 0 Å². The lowest BCUT2D eigenvalue weighted by Crippen LogP contribution is -1.96.